The number of nitrogens with two attached hydrogens (primary N) is 1. The number of nitrogen functional groups attached to an aromatic ring is 1. The first-order chi connectivity index (χ1) is 8.69. The van der Waals surface area contributed by atoms with Crippen LogP contribution in [0.15, 0.2) is 41.1 Å². The highest BCUT2D eigenvalue weighted by Crippen LogP contribution is 2.20. The smallest absolute Gasteiger partial charge is 0.160 e. The summed E-state index contributed by atoms with van der Waals surface area (Å²) >= 11 is 3.42. The fraction of sp³-hybridized carbons (Fsp3) is 0.167. The molecule has 1 heterocycles. The number of benzene rings is 1. The largest absolute Gasteiger partial charge is 0.362 e. The van der Waals surface area contributed by atoms with E-state index in [-0.39, 0.29) is 6.04 Å². The van der Waals surface area contributed by atoms with Gasteiger partial charge < -0.3 is 10.7 Å². The van der Waals surface area contributed by atoms with E-state index in [1.807, 2.05) is 12.1 Å². The molecule has 1 atom stereocenters. The first kappa shape index (κ1) is 12.8. The molecule has 18 heavy (non-hydrogen) atoms. The Morgan fingerprint density at radius 1 is 1.17 bits per heavy atom. The van der Waals surface area contributed by atoms with E-state index in [2.05, 4.69) is 55.7 Å². The number of rotatable bonds is 4. The van der Waals surface area contributed by atoms with Gasteiger partial charge in [0, 0.05) is 10.5 Å². The minimum Gasteiger partial charge on any atom is -0.362 e. The zero-order valence-electron chi connectivity index (χ0n) is 9.89. The van der Waals surface area contributed by atoms with Gasteiger partial charge in [-0.1, -0.05) is 28.1 Å². The third-order valence-corrected chi connectivity index (χ3v) is 3.05. The van der Waals surface area contributed by atoms with E-state index < -0.39 is 0 Å². The number of hydrogen-bond acceptors (Lipinski definition) is 5. The molecule has 94 valence electrons. The van der Waals surface area contributed by atoms with Crippen molar-refractivity contribution in [1.82, 2.24) is 9.97 Å². The van der Waals surface area contributed by atoms with Gasteiger partial charge in [0.15, 0.2) is 5.82 Å². The van der Waals surface area contributed by atoms with Crippen molar-refractivity contribution in [3.05, 3.63) is 46.7 Å². The van der Waals surface area contributed by atoms with Gasteiger partial charge in [0.2, 0.25) is 0 Å². The lowest BCUT2D eigenvalue weighted by Crippen LogP contribution is -2.12. The van der Waals surface area contributed by atoms with Crippen LogP contribution in [-0.4, -0.2) is 9.97 Å². The lowest BCUT2D eigenvalue weighted by Gasteiger charge is -2.15. The number of halogens is 1. The molecule has 0 aliphatic carbocycles. The molecule has 6 heteroatoms. The van der Waals surface area contributed by atoms with Crippen LogP contribution in [0.4, 0.5) is 11.6 Å². The zero-order valence-corrected chi connectivity index (χ0v) is 11.5. The van der Waals surface area contributed by atoms with Gasteiger partial charge in [0.25, 0.3) is 0 Å². The van der Waals surface area contributed by atoms with Crippen molar-refractivity contribution >= 4 is 27.6 Å². The SMILES string of the molecule is CC(Nc1cncc(NN)n1)c1ccc(Br)cc1. The minimum absolute atomic E-state index is 0.139. The molecule has 0 saturated carbocycles. The van der Waals surface area contributed by atoms with Gasteiger partial charge >= 0.3 is 0 Å². The average Bonchev–Trinajstić information content (AvgIpc) is 2.39. The van der Waals surface area contributed by atoms with E-state index in [0.29, 0.717) is 11.6 Å². The van der Waals surface area contributed by atoms with Crippen molar-refractivity contribution in [2.24, 2.45) is 5.84 Å². The number of hydrazine groups is 1. The summed E-state index contributed by atoms with van der Waals surface area (Å²) < 4.78 is 1.06. The Hall–Kier alpha value is -1.66. The lowest BCUT2D eigenvalue weighted by atomic mass is 10.1. The molecular weight excluding hydrogens is 294 g/mol. The molecule has 1 aromatic heterocycles. The number of nitrogens with zero attached hydrogens (tertiary/aromatic N) is 2. The lowest BCUT2D eigenvalue weighted by molar-refractivity contribution is 0.871. The monoisotopic (exact) mass is 307 g/mol. The summed E-state index contributed by atoms with van der Waals surface area (Å²) in [5, 5.41) is 3.27. The second kappa shape index (κ2) is 5.79. The van der Waals surface area contributed by atoms with Crippen LogP contribution in [0, 0.1) is 0 Å². The Morgan fingerprint density at radius 3 is 2.50 bits per heavy atom. The zero-order chi connectivity index (χ0) is 13.0. The molecule has 0 amide bonds. The third kappa shape index (κ3) is 3.18. The maximum atomic E-state index is 5.29. The molecule has 1 unspecified atom stereocenters. The molecule has 0 spiro atoms. The van der Waals surface area contributed by atoms with Gasteiger partial charge in [-0.05, 0) is 24.6 Å². The van der Waals surface area contributed by atoms with Crippen LogP contribution in [0.2, 0.25) is 0 Å². The van der Waals surface area contributed by atoms with Crippen LogP contribution in [0.5, 0.6) is 0 Å². The summed E-state index contributed by atoms with van der Waals surface area (Å²) in [6.45, 7) is 2.06. The van der Waals surface area contributed by atoms with E-state index in [0.717, 1.165) is 4.47 Å². The summed E-state index contributed by atoms with van der Waals surface area (Å²) in [6, 6.07) is 8.27. The van der Waals surface area contributed by atoms with E-state index in [1.54, 1.807) is 12.4 Å². The van der Waals surface area contributed by atoms with Crippen LogP contribution < -0.4 is 16.6 Å². The van der Waals surface area contributed by atoms with Gasteiger partial charge in [-0.15, -0.1) is 0 Å². The quantitative estimate of drug-likeness (QED) is 0.598. The van der Waals surface area contributed by atoms with Gasteiger partial charge in [-0.25, -0.2) is 10.8 Å². The Bertz CT molecular complexity index is 514. The van der Waals surface area contributed by atoms with Crippen LogP contribution in [0.1, 0.15) is 18.5 Å². The van der Waals surface area contributed by atoms with Crippen molar-refractivity contribution in [2.45, 2.75) is 13.0 Å². The normalized spacial score (nSPS) is 11.9. The summed E-state index contributed by atoms with van der Waals surface area (Å²) in [5.41, 5.74) is 3.64. The van der Waals surface area contributed by atoms with E-state index in [9.17, 15) is 0 Å². The summed E-state index contributed by atoms with van der Waals surface area (Å²) in [6.07, 6.45) is 3.23. The number of nitrogens with one attached hydrogen (secondary N) is 2. The minimum atomic E-state index is 0.139. The van der Waals surface area contributed by atoms with Crippen molar-refractivity contribution in [1.29, 1.82) is 0 Å². The highest BCUT2D eigenvalue weighted by Gasteiger charge is 2.06. The number of aromatic nitrogens is 2. The van der Waals surface area contributed by atoms with Crippen LogP contribution in [-0.2, 0) is 0 Å². The maximum absolute atomic E-state index is 5.29. The highest BCUT2D eigenvalue weighted by atomic mass is 79.9. The molecule has 0 fully saturated rings. The summed E-state index contributed by atoms with van der Waals surface area (Å²) in [5.74, 6) is 6.50. The molecule has 0 aliphatic rings. The number of hydrogen-bond donors (Lipinski definition) is 3. The summed E-state index contributed by atoms with van der Waals surface area (Å²) in [4.78, 5) is 8.30. The van der Waals surface area contributed by atoms with Crippen molar-refractivity contribution in [3.8, 4) is 0 Å². The van der Waals surface area contributed by atoms with Gasteiger partial charge in [0.1, 0.15) is 5.82 Å². The maximum Gasteiger partial charge on any atom is 0.160 e. The predicted molar refractivity (Wildman–Crippen MR) is 76.0 cm³/mol. The molecular formula is C12H14BrN5. The van der Waals surface area contributed by atoms with Crippen molar-refractivity contribution < 1.29 is 0 Å². The molecule has 0 aliphatic heterocycles. The molecule has 2 rings (SSSR count). The first-order valence-corrected chi connectivity index (χ1v) is 6.29. The number of anilines is 2. The molecule has 0 radical (unpaired) electrons. The van der Waals surface area contributed by atoms with Gasteiger partial charge in [-0.3, -0.25) is 4.98 Å². The van der Waals surface area contributed by atoms with E-state index >= 15 is 0 Å². The molecule has 0 saturated heterocycles. The Labute approximate surface area is 114 Å². The Balaban J connectivity index is 2.10. The standard InChI is InChI=1S/C12H14BrN5/c1-8(9-2-4-10(13)5-3-9)16-11-6-15-7-12(17-11)18-14/h2-8H,14H2,1H3,(H2,16,17,18). The molecule has 1 aromatic carbocycles. The molecule has 2 aromatic rings. The van der Waals surface area contributed by atoms with Gasteiger partial charge in [-0.2, -0.15) is 0 Å². The molecule has 4 N–H and O–H groups in total. The third-order valence-electron chi connectivity index (χ3n) is 2.52. The molecule has 0 bridgehead atoms. The second-order valence-electron chi connectivity index (χ2n) is 3.85. The van der Waals surface area contributed by atoms with Crippen molar-refractivity contribution in [2.75, 3.05) is 10.7 Å². The second-order valence-corrected chi connectivity index (χ2v) is 4.77. The molecule has 5 nitrogen and oxygen atoms in total. The van der Waals surface area contributed by atoms with Crippen molar-refractivity contribution in [3.63, 3.8) is 0 Å². The fourth-order valence-corrected chi connectivity index (χ4v) is 1.83. The van der Waals surface area contributed by atoms with E-state index in [4.69, 9.17) is 5.84 Å². The van der Waals surface area contributed by atoms with Crippen LogP contribution in [0.3, 0.4) is 0 Å². The van der Waals surface area contributed by atoms with Gasteiger partial charge in [0.05, 0.1) is 12.4 Å². The predicted octanol–water partition coefficient (Wildman–Crippen LogP) is 2.70. The summed E-state index contributed by atoms with van der Waals surface area (Å²) in [7, 11) is 0. The average molecular weight is 308 g/mol. The Morgan fingerprint density at radius 2 is 1.83 bits per heavy atom. The Kier molecular flexibility index (Phi) is 4.11. The van der Waals surface area contributed by atoms with Crippen LogP contribution >= 0.6 is 15.9 Å². The van der Waals surface area contributed by atoms with Crippen LogP contribution in [0.25, 0.3) is 0 Å². The fourth-order valence-electron chi connectivity index (χ4n) is 1.56. The first-order valence-electron chi connectivity index (χ1n) is 5.49. The van der Waals surface area contributed by atoms with E-state index in [1.165, 1.54) is 5.56 Å². The highest BCUT2D eigenvalue weighted by molar-refractivity contribution is 9.10. The topological polar surface area (TPSA) is 75.9 Å².